The van der Waals surface area contributed by atoms with Crippen molar-refractivity contribution in [3.05, 3.63) is 53.6 Å². The molecule has 8 nitrogen and oxygen atoms in total. The van der Waals surface area contributed by atoms with Crippen molar-refractivity contribution in [2.24, 2.45) is 0 Å². The van der Waals surface area contributed by atoms with E-state index in [1.165, 1.54) is 23.9 Å². The molecule has 35 heavy (non-hydrogen) atoms. The van der Waals surface area contributed by atoms with E-state index in [2.05, 4.69) is 10.0 Å². The normalized spacial score (nSPS) is 18.3. The number of ether oxygens (including phenoxy) is 1. The number of piperidine rings is 1. The summed E-state index contributed by atoms with van der Waals surface area (Å²) in [6.07, 6.45) is 6.69. The number of hydrogen-bond donors (Lipinski definition) is 2. The summed E-state index contributed by atoms with van der Waals surface area (Å²) in [6.45, 7) is 2.42. The molecule has 2 saturated heterocycles. The van der Waals surface area contributed by atoms with Gasteiger partial charge in [-0.05, 0) is 68.7 Å². The lowest BCUT2D eigenvalue weighted by Gasteiger charge is -2.27. The fourth-order valence-electron chi connectivity index (χ4n) is 4.37. The monoisotopic (exact) mass is 517 g/mol. The van der Waals surface area contributed by atoms with E-state index in [9.17, 15) is 18.0 Å². The summed E-state index contributed by atoms with van der Waals surface area (Å²) in [6, 6.07) is 11.1. The van der Waals surface area contributed by atoms with Crippen molar-refractivity contribution in [1.29, 1.82) is 0 Å². The van der Waals surface area contributed by atoms with Crippen LogP contribution in [0.5, 0.6) is 0 Å². The Labute approximate surface area is 210 Å². The van der Waals surface area contributed by atoms with Crippen LogP contribution in [0.1, 0.15) is 52.8 Å². The van der Waals surface area contributed by atoms with Crippen LogP contribution in [0.25, 0.3) is 0 Å². The predicted molar refractivity (Wildman–Crippen MR) is 137 cm³/mol. The first-order valence-corrected chi connectivity index (χ1v) is 14.6. The van der Waals surface area contributed by atoms with Crippen LogP contribution in [0.4, 0.5) is 5.69 Å². The van der Waals surface area contributed by atoms with Gasteiger partial charge in [0.05, 0.1) is 27.8 Å². The van der Waals surface area contributed by atoms with Gasteiger partial charge in [-0.2, -0.15) is 0 Å². The molecule has 2 aromatic rings. The molecule has 2 N–H and O–H groups in total. The maximum Gasteiger partial charge on any atom is 0.261 e. The number of likely N-dealkylation sites (tertiary alicyclic amines) is 1. The van der Waals surface area contributed by atoms with Crippen LogP contribution < -0.4 is 10.0 Å². The maximum atomic E-state index is 13.3. The fraction of sp³-hybridized carbons (Fsp3) is 0.440. The van der Waals surface area contributed by atoms with Gasteiger partial charge >= 0.3 is 0 Å². The molecule has 0 aromatic heterocycles. The minimum atomic E-state index is -4.05. The molecule has 10 heteroatoms. The third-order valence-corrected chi connectivity index (χ3v) is 8.44. The number of benzene rings is 2. The highest BCUT2D eigenvalue weighted by Gasteiger charge is 2.25. The van der Waals surface area contributed by atoms with Crippen molar-refractivity contribution < 1.29 is 22.7 Å². The molecule has 2 aliphatic rings. The molecule has 2 amide bonds. The van der Waals surface area contributed by atoms with E-state index in [4.69, 9.17) is 4.74 Å². The molecule has 2 heterocycles. The van der Waals surface area contributed by atoms with Gasteiger partial charge < -0.3 is 15.0 Å². The van der Waals surface area contributed by atoms with E-state index in [-0.39, 0.29) is 34.1 Å². The first kappa shape index (κ1) is 25.5. The van der Waals surface area contributed by atoms with Gasteiger partial charge in [-0.15, -0.1) is 11.8 Å². The second kappa shape index (κ2) is 11.5. The van der Waals surface area contributed by atoms with E-state index < -0.39 is 10.0 Å². The number of hydrogen-bond acceptors (Lipinski definition) is 6. The Bertz CT molecular complexity index is 1170. The standard InChI is InChI=1S/C25H31N3O5S2/c1-34-23-12-11-19(16-21(23)25(30)28-13-5-2-6-14-28)35(31,32)27-22-10-4-3-9-20(22)24(29)26-17-18-8-7-15-33-18/h3-4,9-12,16,18,27H,2,5-8,13-15,17H2,1H3,(H,26,29)/t18-/m0/s1. The number of thioether (sulfide) groups is 1. The van der Waals surface area contributed by atoms with Gasteiger partial charge in [-0.1, -0.05) is 12.1 Å². The van der Waals surface area contributed by atoms with Gasteiger partial charge in [-0.25, -0.2) is 8.42 Å². The van der Waals surface area contributed by atoms with E-state index in [0.29, 0.717) is 31.8 Å². The Morgan fingerprint density at radius 2 is 1.83 bits per heavy atom. The first-order valence-electron chi connectivity index (χ1n) is 11.9. The molecule has 0 unspecified atom stereocenters. The summed E-state index contributed by atoms with van der Waals surface area (Å²) in [5.74, 6) is -0.530. The van der Waals surface area contributed by atoms with Gasteiger partial charge in [0, 0.05) is 31.1 Å². The Morgan fingerprint density at radius 1 is 1.06 bits per heavy atom. The van der Waals surface area contributed by atoms with Crippen molar-refractivity contribution >= 4 is 39.3 Å². The molecule has 2 fully saturated rings. The summed E-state index contributed by atoms with van der Waals surface area (Å²) in [4.78, 5) is 28.5. The third-order valence-electron chi connectivity index (χ3n) is 6.29. The highest BCUT2D eigenvalue weighted by Crippen LogP contribution is 2.28. The number of sulfonamides is 1. The Balaban J connectivity index is 1.55. The number of nitrogens with one attached hydrogen (secondary N) is 2. The number of para-hydroxylation sites is 1. The minimum Gasteiger partial charge on any atom is -0.376 e. The lowest BCUT2D eigenvalue weighted by atomic mass is 10.1. The van der Waals surface area contributed by atoms with Crippen molar-refractivity contribution in [3.63, 3.8) is 0 Å². The van der Waals surface area contributed by atoms with Crippen molar-refractivity contribution in [2.75, 3.05) is 37.2 Å². The number of rotatable bonds is 8. The number of carbonyl (C=O) groups excluding carboxylic acids is 2. The van der Waals surface area contributed by atoms with Gasteiger partial charge in [0.25, 0.3) is 21.8 Å². The zero-order valence-corrected chi connectivity index (χ0v) is 21.4. The first-order chi connectivity index (χ1) is 16.9. The highest BCUT2D eigenvalue weighted by molar-refractivity contribution is 7.98. The molecule has 0 spiro atoms. The maximum absolute atomic E-state index is 13.3. The minimum absolute atomic E-state index is 0.0198. The summed E-state index contributed by atoms with van der Waals surface area (Å²) in [5.41, 5.74) is 0.777. The summed E-state index contributed by atoms with van der Waals surface area (Å²) in [7, 11) is -4.05. The Kier molecular flexibility index (Phi) is 8.35. The molecular weight excluding hydrogens is 486 g/mol. The van der Waals surface area contributed by atoms with Crippen molar-refractivity contribution in [1.82, 2.24) is 10.2 Å². The second-order valence-electron chi connectivity index (χ2n) is 8.71. The van der Waals surface area contributed by atoms with Crippen LogP contribution in [0.15, 0.2) is 52.3 Å². The van der Waals surface area contributed by atoms with E-state index in [1.807, 2.05) is 6.26 Å². The molecule has 2 aliphatic heterocycles. The van der Waals surface area contributed by atoms with Crippen LogP contribution in [0.3, 0.4) is 0 Å². The van der Waals surface area contributed by atoms with Crippen LogP contribution in [-0.2, 0) is 14.8 Å². The lowest BCUT2D eigenvalue weighted by molar-refractivity contribution is 0.0720. The van der Waals surface area contributed by atoms with Crippen LogP contribution >= 0.6 is 11.8 Å². The van der Waals surface area contributed by atoms with E-state index >= 15 is 0 Å². The molecule has 0 saturated carbocycles. The number of anilines is 1. The summed E-state index contributed by atoms with van der Waals surface area (Å²) < 4.78 is 34.7. The zero-order chi connectivity index (χ0) is 24.8. The molecule has 0 bridgehead atoms. The molecule has 4 rings (SSSR count). The van der Waals surface area contributed by atoms with Gasteiger partial charge in [0.1, 0.15) is 0 Å². The van der Waals surface area contributed by atoms with Crippen molar-refractivity contribution in [3.8, 4) is 0 Å². The predicted octanol–water partition coefficient (Wildman–Crippen LogP) is 3.74. The molecular formula is C25H31N3O5S2. The molecule has 0 aliphatic carbocycles. The average Bonchev–Trinajstić information content (AvgIpc) is 3.41. The number of carbonyl (C=O) groups is 2. The molecule has 0 radical (unpaired) electrons. The van der Waals surface area contributed by atoms with Gasteiger partial charge in [0.2, 0.25) is 0 Å². The SMILES string of the molecule is CSc1ccc(S(=O)(=O)Nc2ccccc2C(=O)NC[C@@H]2CCCO2)cc1C(=O)N1CCCCC1. The van der Waals surface area contributed by atoms with Crippen LogP contribution in [0.2, 0.25) is 0 Å². The quantitative estimate of drug-likeness (QED) is 0.517. The molecule has 2 aromatic carbocycles. The smallest absolute Gasteiger partial charge is 0.261 e. The Morgan fingerprint density at radius 3 is 2.54 bits per heavy atom. The fourth-order valence-corrected chi connectivity index (χ4v) is 6.05. The molecule has 1 atom stereocenters. The lowest BCUT2D eigenvalue weighted by Crippen LogP contribution is -2.36. The summed E-state index contributed by atoms with van der Waals surface area (Å²) >= 11 is 1.41. The average molecular weight is 518 g/mol. The number of amides is 2. The van der Waals surface area contributed by atoms with Gasteiger partial charge in [-0.3, -0.25) is 14.3 Å². The summed E-state index contributed by atoms with van der Waals surface area (Å²) in [5, 5.41) is 2.83. The van der Waals surface area contributed by atoms with Crippen LogP contribution in [0, 0.1) is 0 Å². The highest BCUT2D eigenvalue weighted by atomic mass is 32.2. The topological polar surface area (TPSA) is 105 Å². The van der Waals surface area contributed by atoms with Crippen LogP contribution in [-0.4, -0.2) is 63.7 Å². The van der Waals surface area contributed by atoms with E-state index in [0.717, 1.165) is 37.0 Å². The second-order valence-corrected chi connectivity index (χ2v) is 11.2. The Hall–Kier alpha value is -2.56. The van der Waals surface area contributed by atoms with E-state index in [1.54, 1.807) is 35.2 Å². The van der Waals surface area contributed by atoms with Gasteiger partial charge in [0.15, 0.2) is 0 Å². The number of nitrogens with zero attached hydrogens (tertiary/aromatic N) is 1. The largest absolute Gasteiger partial charge is 0.376 e. The zero-order valence-electron chi connectivity index (χ0n) is 19.8. The third kappa shape index (κ3) is 6.17. The molecule has 188 valence electrons. The van der Waals surface area contributed by atoms with Crippen molar-refractivity contribution in [2.45, 2.75) is 48.0 Å².